The summed E-state index contributed by atoms with van der Waals surface area (Å²) in [7, 11) is 0. The predicted molar refractivity (Wildman–Crippen MR) is 42.3 cm³/mol. The highest BCUT2D eigenvalue weighted by Crippen LogP contribution is 2.20. The van der Waals surface area contributed by atoms with Crippen LogP contribution in [0.1, 0.15) is 12.8 Å². The van der Waals surface area contributed by atoms with E-state index in [2.05, 4.69) is 10.6 Å². The Labute approximate surface area is 66.5 Å². The quantitative estimate of drug-likeness (QED) is 0.617. The average Bonchev–Trinajstić information content (AvgIpc) is 2.73. The number of alkyl halides is 1. The summed E-state index contributed by atoms with van der Waals surface area (Å²) in [5.74, 6) is 0.218. The molecule has 2 atom stereocenters. The lowest BCUT2D eigenvalue weighted by molar-refractivity contribution is 0.276. The molecule has 2 nitrogen and oxygen atoms in total. The minimum Gasteiger partial charge on any atom is -0.314 e. The third-order valence-corrected chi connectivity index (χ3v) is 2.50. The van der Waals surface area contributed by atoms with Gasteiger partial charge < -0.3 is 10.6 Å². The molecule has 0 aromatic rings. The number of nitrogens with one attached hydrogen (secondary N) is 2. The predicted octanol–water partition coefficient (Wildman–Crippen LogP) is 0.296. The minimum atomic E-state index is -0.624. The molecule has 0 radical (unpaired) electrons. The Morgan fingerprint density at radius 1 is 1.36 bits per heavy atom. The fraction of sp³-hybridized carbons (Fsp3) is 1.00. The molecule has 3 heteroatoms. The van der Waals surface area contributed by atoms with Crippen LogP contribution in [0.15, 0.2) is 0 Å². The zero-order chi connectivity index (χ0) is 7.68. The van der Waals surface area contributed by atoms with Gasteiger partial charge in [0.15, 0.2) is 0 Å². The molecule has 2 N–H and O–H groups in total. The van der Waals surface area contributed by atoms with Crippen molar-refractivity contribution >= 4 is 0 Å². The first-order valence-electron chi connectivity index (χ1n) is 4.44. The maximum absolute atomic E-state index is 13.0. The first-order chi connectivity index (χ1) is 5.36. The van der Waals surface area contributed by atoms with Gasteiger partial charge in [-0.15, -0.1) is 0 Å². The molecule has 1 saturated carbocycles. The maximum atomic E-state index is 13.0. The fourth-order valence-corrected chi connectivity index (χ4v) is 1.51. The van der Waals surface area contributed by atoms with Crippen molar-refractivity contribution in [1.82, 2.24) is 10.6 Å². The fourth-order valence-electron chi connectivity index (χ4n) is 1.51. The number of hydrogen-bond donors (Lipinski definition) is 2. The van der Waals surface area contributed by atoms with Crippen LogP contribution in [0.3, 0.4) is 0 Å². The molecule has 2 aliphatic rings. The van der Waals surface area contributed by atoms with Gasteiger partial charge in [-0.2, -0.15) is 0 Å². The van der Waals surface area contributed by atoms with Crippen molar-refractivity contribution < 1.29 is 4.39 Å². The van der Waals surface area contributed by atoms with Gasteiger partial charge in [0.1, 0.15) is 6.17 Å². The second kappa shape index (κ2) is 3.07. The smallest absolute Gasteiger partial charge is 0.118 e. The molecule has 0 aromatic carbocycles. The molecule has 1 saturated heterocycles. The Morgan fingerprint density at radius 3 is 2.73 bits per heavy atom. The first kappa shape index (κ1) is 7.50. The Kier molecular flexibility index (Phi) is 2.09. The van der Waals surface area contributed by atoms with Gasteiger partial charge in [0.2, 0.25) is 0 Å². The molecular weight excluding hydrogens is 143 g/mol. The maximum Gasteiger partial charge on any atom is 0.118 e. The third kappa shape index (κ3) is 1.91. The molecular formula is C8H15FN2. The highest BCUT2D eigenvalue weighted by atomic mass is 19.1. The van der Waals surface area contributed by atoms with E-state index in [9.17, 15) is 4.39 Å². The molecule has 0 spiro atoms. The highest BCUT2D eigenvalue weighted by molar-refractivity contribution is 4.87. The molecule has 2 rings (SSSR count). The Balaban J connectivity index is 1.67. The molecule has 2 fully saturated rings. The molecule has 0 amide bonds. The van der Waals surface area contributed by atoms with Crippen molar-refractivity contribution in [2.75, 3.05) is 19.6 Å². The van der Waals surface area contributed by atoms with Crippen molar-refractivity contribution in [1.29, 1.82) is 0 Å². The zero-order valence-electron chi connectivity index (χ0n) is 6.65. The summed E-state index contributed by atoms with van der Waals surface area (Å²) >= 11 is 0. The average molecular weight is 158 g/mol. The van der Waals surface area contributed by atoms with Crippen LogP contribution in [0.25, 0.3) is 0 Å². The highest BCUT2D eigenvalue weighted by Gasteiger charge is 2.28. The third-order valence-electron chi connectivity index (χ3n) is 2.50. The standard InChI is InChI=1S/C8H15FN2/c9-8-5-10-3-6(8)4-11-7-1-2-7/h6-8,10-11H,1-5H2/t6-,8?/m0/s1. The lowest BCUT2D eigenvalue weighted by Crippen LogP contribution is -2.29. The second-order valence-corrected chi connectivity index (χ2v) is 3.62. The summed E-state index contributed by atoms with van der Waals surface area (Å²) in [5.41, 5.74) is 0. The largest absolute Gasteiger partial charge is 0.314 e. The molecule has 0 aromatic heterocycles. The van der Waals surface area contributed by atoms with Crippen molar-refractivity contribution in [3.05, 3.63) is 0 Å². The number of halogens is 1. The van der Waals surface area contributed by atoms with Crippen molar-refractivity contribution in [3.63, 3.8) is 0 Å². The molecule has 0 bridgehead atoms. The molecule has 64 valence electrons. The van der Waals surface area contributed by atoms with E-state index >= 15 is 0 Å². The van der Waals surface area contributed by atoms with Gasteiger partial charge in [0, 0.05) is 31.6 Å². The van der Waals surface area contributed by atoms with Crippen molar-refractivity contribution in [3.8, 4) is 0 Å². The van der Waals surface area contributed by atoms with Gasteiger partial charge in [-0.25, -0.2) is 4.39 Å². The van der Waals surface area contributed by atoms with Gasteiger partial charge in [0.25, 0.3) is 0 Å². The Bertz CT molecular complexity index is 136. The summed E-state index contributed by atoms with van der Waals surface area (Å²) in [5, 5.41) is 6.40. The molecule has 1 heterocycles. The van der Waals surface area contributed by atoms with Crippen LogP contribution in [-0.2, 0) is 0 Å². The normalized spacial score (nSPS) is 37.9. The van der Waals surface area contributed by atoms with Crippen LogP contribution in [0.2, 0.25) is 0 Å². The molecule has 1 aliphatic carbocycles. The summed E-state index contributed by atoms with van der Waals surface area (Å²) in [4.78, 5) is 0. The number of rotatable bonds is 3. The van der Waals surface area contributed by atoms with Crippen LogP contribution in [0, 0.1) is 5.92 Å². The van der Waals surface area contributed by atoms with E-state index < -0.39 is 6.17 Å². The van der Waals surface area contributed by atoms with E-state index in [0.717, 1.165) is 13.1 Å². The van der Waals surface area contributed by atoms with E-state index in [1.54, 1.807) is 0 Å². The van der Waals surface area contributed by atoms with E-state index in [1.807, 2.05) is 0 Å². The van der Waals surface area contributed by atoms with Gasteiger partial charge in [0.05, 0.1) is 0 Å². The SMILES string of the molecule is FC1CNC[C@H]1CNC1CC1. The summed E-state index contributed by atoms with van der Waals surface area (Å²) in [6, 6.07) is 0.711. The molecule has 1 aliphatic heterocycles. The summed E-state index contributed by atoms with van der Waals surface area (Å²) in [6.07, 6.45) is 1.95. The van der Waals surface area contributed by atoms with E-state index in [-0.39, 0.29) is 5.92 Å². The van der Waals surface area contributed by atoms with Crippen LogP contribution in [-0.4, -0.2) is 31.8 Å². The molecule has 11 heavy (non-hydrogen) atoms. The van der Waals surface area contributed by atoms with Gasteiger partial charge in [-0.3, -0.25) is 0 Å². The van der Waals surface area contributed by atoms with Gasteiger partial charge in [-0.05, 0) is 12.8 Å². The number of hydrogen-bond acceptors (Lipinski definition) is 2. The van der Waals surface area contributed by atoms with Crippen LogP contribution < -0.4 is 10.6 Å². The zero-order valence-corrected chi connectivity index (χ0v) is 6.65. The van der Waals surface area contributed by atoms with E-state index in [1.165, 1.54) is 12.8 Å². The monoisotopic (exact) mass is 158 g/mol. The lowest BCUT2D eigenvalue weighted by Gasteiger charge is -2.11. The van der Waals surface area contributed by atoms with Crippen LogP contribution in [0.4, 0.5) is 4.39 Å². The summed E-state index contributed by atoms with van der Waals surface area (Å²) in [6.45, 7) is 2.26. The lowest BCUT2D eigenvalue weighted by atomic mass is 10.1. The van der Waals surface area contributed by atoms with Crippen molar-refractivity contribution in [2.45, 2.75) is 25.1 Å². The Morgan fingerprint density at radius 2 is 2.18 bits per heavy atom. The van der Waals surface area contributed by atoms with Gasteiger partial charge in [-0.1, -0.05) is 0 Å². The van der Waals surface area contributed by atoms with Crippen LogP contribution in [0.5, 0.6) is 0 Å². The molecule has 1 unspecified atom stereocenters. The minimum absolute atomic E-state index is 0.218. The van der Waals surface area contributed by atoms with Gasteiger partial charge >= 0.3 is 0 Å². The van der Waals surface area contributed by atoms with Crippen LogP contribution >= 0.6 is 0 Å². The topological polar surface area (TPSA) is 24.1 Å². The second-order valence-electron chi connectivity index (χ2n) is 3.62. The van der Waals surface area contributed by atoms with Crippen molar-refractivity contribution in [2.24, 2.45) is 5.92 Å². The van der Waals surface area contributed by atoms with E-state index in [0.29, 0.717) is 12.6 Å². The summed E-state index contributed by atoms with van der Waals surface area (Å²) < 4.78 is 13.0. The Hall–Kier alpha value is -0.150. The first-order valence-corrected chi connectivity index (χ1v) is 4.44. The van der Waals surface area contributed by atoms with E-state index in [4.69, 9.17) is 0 Å².